The Bertz CT molecular complexity index is 682. The summed E-state index contributed by atoms with van der Waals surface area (Å²) in [7, 11) is 0. The van der Waals surface area contributed by atoms with E-state index in [1.54, 1.807) is 17.4 Å². The summed E-state index contributed by atoms with van der Waals surface area (Å²) in [6.07, 6.45) is 4.73. The lowest BCUT2D eigenvalue weighted by molar-refractivity contribution is 0.449. The first kappa shape index (κ1) is 13.9. The maximum absolute atomic E-state index is 12.7. The Labute approximate surface area is 128 Å². The minimum absolute atomic E-state index is 0.126. The molecule has 20 heavy (non-hydrogen) atoms. The van der Waals surface area contributed by atoms with Crippen LogP contribution >= 0.6 is 22.9 Å². The van der Waals surface area contributed by atoms with E-state index in [0.29, 0.717) is 11.1 Å². The molecule has 0 radical (unpaired) electrons. The van der Waals surface area contributed by atoms with Gasteiger partial charge in [0.15, 0.2) is 0 Å². The number of hydrogen-bond donors (Lipinski definition) is 0. The van der Waals surface area contributed by atoms with Crippen LogP contribution < -0.4 is 10.3 Å². The molecule has 3 rings (SSSR count). The average Bonchev–Trinajstić information content (AvgIpc) is 2.48. The Hall–Kier alpha value is -1.06. The number of piperidine rings is 1. The quantitative estimate of drug-likeness (QED) is 0.802. The minimum Gasteiger partial charge on any atom is -0.365 e. The second-order valence-electron chi connectivity index (χ2n) is 5.34. The zero-order valence-electron chi connectivity index (χ0n) is 11.6. The Kier molecular flexibility index (Phi) is 3.99. The molecule has 0 N–H and O–H groups in total. The lowest BCUT2D eigenvalue weighted by atomic mass is 9.99. The Morgan fingerprint density at radius 2 is 2.25 bits per heavy atom. The van der Waals surface area contributed by atoms with Crippen LogP contribution in [0, 0.1) is 0 Å². The molecule has 1 aromatic heterocycles. The lowest BCUT2D eigenvalue weighted by Crippen LogP contribution is -2.41. The van der Waals surface area contributed by atoms with Crippen LogP contribution in [0.15, 0.2) is 28.4 Å². The van der Waals surface area contributed by atoms with Gasteiger partial charge in [-0.25, -0.2) is 0 Å². The van der Waals surface area contributed by atoms with Crippen molar-refractivity contribution in [2.45, 2.75) is 38.6 Å². The van der Waals surface area contributed by atoms with Gasteiger partial charge in [-0.05, 0) is 43.9 Å². The van der Waals surface area contributed by atoms with E-state index in [-0.39, 0.29) is 5.43 Å². The van der Waals surface area contributed by atoms with Crippen LogP contribution in [0.25, 0.3) is 10.1 Å². The van der Waals surface area contributed by atoms with Crippen molar-refractivity contribution in [2.75, 3.05) is 11.4 Å². The van der Waals surface area contributed by atoms with Gasteiger partial charge < -0.3 is 4.90 Å². The van der Waals surface area contributed by atoms with E-state index in [1.807, 2.05) is 17.5 Å². The maximum atomic E-state index is 12.7. The summed E-state index contributed by atoms with van der Waals surface area (Å²) in [5.74, 6) is 0. The van der Waals surface area contributed by atoms with Gasteiger partial charge in [0, 0.05) is 33.1 Å². The van der Waals surface area contributed by atoms with Crippen LogP contribution in [0.3, 0.4) is 0 Å². The smallest absolute Gasteiger partial charge is 0.211 e. The normalized spacial score (nSPS) is 19.5. The van der Waals surface area contributed by atoms with Gasteiger partial charge >= 0.3 is 0 Å². The van der Waals surface area contributed by atoms with Gasteiger partial charge in [0.25, 0.3) is 0 Å². The first-order valence-electron chi connectivity index (χ1n) is 7.18. The van der Waals surface area contributed by atoms with E-state index in [1.165, 1.54) is 19.3 Å². The summed E-state index contributed by atoms with van der Waals surface area (Å²) in [6, 6.07) is 6.07. The molecule has 0 aliphatic carbocycles. The van der Waals surface area contributed by atoms with Crippen LogP contribution in [0.2, 0.25) is 5.02 Å². The molecule has 1 atom stereocenters. The van der Waals surface area contributed by atoms with E-state index in [4.69, 9.17) is 11.6 Å². The zero-order chi connectivity index (χ0) is 14.1. The molecule has 106 valence electrons. The molecule has 1 fully saturated rings. The third-order valence-corrected chi connectivity index (χ3v) is 5.31. The highest BCUT2D eigenvalue weighted by Gasteiger charge is 2.23. The first-order chi connectivity index (χ1) is 9.70. The van der Waals surface area contributed by atoms with E-state index in [9.17, 15) is 4.79 Å². The molecule has 1 aliphatic heterocycles. The topological polar surface area (TPSA) is 20.3 Å². The highest BCUT2D eigenvalue weighted by Crippen LogP contribution is 2.28. The van der Waals surface area contributed by atoms with Crippen LogP contribution in [0.1, 0.15) is 32.6 Å². The van der Waals surface area contributed by atoms with Crippen LogP contribution in [0.4, 0.5) is 5.69 Å². The van der Waals surface area contributed by atoms with Gasteiger partial charge in [0.05, 0.1) is 5.69 Å². The summed E-state index contributed by atoms with van der Waals surface area (Å²) in [4.78, 5) is 15.1. The Balaban J connectivity index is 2.11. The van der Waals surface area contributed by atoms with E-state index in [0.717, 1.165) is 28.7 Å². The minimum atomic E-state index is 0.126. The highest BCUT2D eigenvalue weighted by molar-refractivity contribution is 7.16. The van der Waals surface area contributed by atoms with Gasteiger partial charge in [0.2, 0.25) is 5.43 Å². The van der Waals surface area contributed by atoms with Gasteiger partial charge in [-0.3, -0.25) is 4.79 Å². The van der Waals surface area contributed by atoms with Crippen molar-refractivity contribution in [1.29, 1.82) is 0 Å². The standard InChI is InChI=1S/C16H18ClNOS/c1-2-12-5-3-4-8-18(12)14-10-20-15-7-6-11(17)9-13(15)16(14)19/h6-7,9-10,12H,2-5,8H2,1H3. The molecule has 4 heteroatoms. The van der Waals surface area contributed by atoms with Crippen molar-refractivity contribution in [1.82, 2.24) is 0 Å². The fourth-order valence-electron chi connectivity index (χ4n) is 3.03. The average molecular weight is 308 g/mol. The largest absolute Gasteiger partial charge is 0.365 e. The van der Waals surface area contributed by atoms with Gasteiger partial charge in [-0.2, -0.15) is 0 Å². The van der Waals surface area contributed by atoms with E-state index < -0.39 is 0 Å². The Morgan fingerprint density at radius 1 is 1.40 bits per heavy atom. The van der Waals surface area contributed by atoms with Crippen LogP contribution in [0.5, 0.6) is 0 Å². The number of fused-ring (bicyclic) bond motifs is 1. The molecule has 1 aromatic carbocycles. The highest BCUT2D eigenvalue weighted by atomic mass is 35.5. The fraction of sp³-hybridized carbons (Fsp3) is 0.438. The van der Waals surface area contributed by atoms with Crippen molar-refractivity contribution in [3.05, 3.63) is 38.8 Å². The fourth-order valence-corrected chi connectivity index (χ4v) is 4.11. The molecule has 1 unspecified atom stereocenters. The molecule has 2 aromatic rings. The second-order valence-corrected chi connectivity index (χ2v) is 6.69. The molecule has 2 heterocycles. The summed E-state index contributed by atoms with van der Waals surface area (Å²) in [6.45, 7) is 3.20. The number of benzene rings is 1. The zero-order valence-corrected chi connectivity index (χ0v) is 13.1. The van der Waals surface area contributed by atoms with Crippen molar-refractivity contribution < 1.29 is 0 Å². The molecular formula is C16H18ClNOS. The van der Waals surface area contributed by atoms with Crippen molar-refractivity contribution in [3.63, 3.8) is 0 Å². The van der Waals surface area contributed by atoms with Crippen LogP contribution in [-0.2, 0) is 0 Å². The molecular weight excluding hydrogens is 290 g/mol. The predicted molar refractivity (Wildman–Crippen MR) is 88.4 cm³/mol. The first-order valence-corrected chi connectivity index (χ1v) is 8.44. The monoisotopic (exact) mass is 307 g/mol. The number of rotatable bonds is 2. The third-order valence-electron chi connectivity index (χ3n) is 4.12. The molecule has 0 spiro atoms. The van der Waals surface area contributed by atoms with Gasteiger partial charge in [-0.1, -0.05) is 18.5 Å². The lowest BCUT2D eigenvalue weighted by Gasteiger charge is -2.36. The summed E-state index contributed by atoms with van der Waals surface area (Å²) in [5, 5.41) is 3.40. The number of halogens is 1. The summed E-state index contributed by atoms with van der Waals surface area (Å²) < 4.78 is 1.01. The number of anilines is 1. The summed E-state index contributed by atoms with van der Waals surface area (Å²) >= 11 is 7.67. The molecule has 0 amide bonds. The Morgan fingerprint density at radius 3 is 3.05 bits per heavy atom. The summed E-state index contributed by atoms with van der Waals surface area (Å²) in [5.41, 5.74) is 0.984. The van der Waals surface area contributed by atoms with Gasteiger partial charge in [0.1, 0.15) is 0 Å². The van der Waals surface area contributed by atoms with Gasteiger partial charge in [-0.15, -0.1) is 11.3 Å². The molecule has 0 bridgehead atoms. The van der Waals surface area contributed by atoms with Crippen molar-refractivity contribution >= 4 is 38.7 Å². The van der Waals surface area contributed by atoms with Crippen LogP contribution in [-0.4, -0.2) is 12.6 Å². The van der Waals surface area contributed by atoms with Crippen molar-refractivity contribution in [3.8, 4) is 0 Å². The van der Waals surface area contributed by atoms with Crippen molar-refractivity contribution in [2.24, 2.45) is 0 Å². The predicted octanol–water partition coefficient (Wildman–Crippen LogP) is 4.68. The SMILES string of the molecule is CCC1CCCCN1c1csc2ccc(Cl)cc2c1=O. The maximum Gasteiger partial charge on any atom is 0.211 e. The third kappa shape index (κ3) is 2.45. The molecule has 2 nitrogen and oxygen atoms in total. The molecule has 1 saturated heterocycles. The van der Waals surface area contributed by atoms with E-state index in [2.05, 4.69) is 11.8 Å². The van der Waals surface area contributed by atoms with E-state index >= 15 is 0 Å². The molecule has 0 saturated carbocycles. The number of hydrogen-bond acceptors (Lipinski definition) is 3. The molecule has 1 aliphatic rings. The second kappa shape index (κ2) is 5.74. The number of nitrogens with zero attached hydrogens (tertiary/aromatic N) is 1.